The molecule has 98 heavy (non-hydrogen) atoms. The van der Waals surface area contributed by atoms with Crippen LogP contribution >= 0.6 is 15.6 Å². The minimum atomic E-state index is -4.97. The summed E-state index contributed by atoms with van der Waals surface area (Å²) in [4.78, 5) is 72.9. The summed E-state index contributed by atoms with van der Waals surface area (Å²) in [7, 11) is -9.93. The van der Waals surface area contributed by atoms with Gasteiger partial charge in [0.05, 0.1) is 26.4 Å². The van der Waals surface area contributed by atoms with E-state index in [-0.39, 0.29) is 25.7 Å². The number of esters is 4. The lowest BCUT2D eigenvalue weighted by molar-refractivity contribution is -0.161. The minimum Gasteiger partial charge on any atom is -0.462 e. The summed E-state index contributed by atoms with van der Waals surface area (Å²) in [5.74, 6) is 0.173. The molecule has 0 saturated carbocycles. The second kappa shape index (κ2) is 68.9. The molecular formula is C79H150O17P2. The number of aliphatic hydroxyl groups excluding tert-OH is 1. The predicted molar refractivity (Wildman–Crippen MR) is 400 cm³/mol. The zero-order valence-corrected chi connectivity index (χ0v) is 65.5. The first-order chi connectivity index (χ1) is 47.3. The lowest BCUT2D eigenvalue weighted by Gasteiger charge is -2.21. The Bertz CT molecular complexity index is 2000. The van der Waals surface area contributed by atoms with Crippen molar-refractivity contribution in [3.05, 3.63) is 24.3 Å². The normalized spacial score (nSPS) is 14.4. The summed E-state index contributed by atoms with van der Waals surface area (Å²) < 4.78 is 68.6. The Hall–Kier alpha value is -2.46. The number of phosphoric ester groups is 2. The summed E-state index contributed by atoms with van der Waals surface area (Å²) in [6.45, 7) is 11.9. The smallest absolute Gasteiger partial charge is 0.462 e. The molecule has 0 radical (unpaired) electrons. The highest BCUT2D eigenvalue weighted by molar-refractivity contribution is 7.47. The predicted octanol–water partition coefficient (Wildman–Crippen LogP) is 22.9. The van der Waals surface area contributed by atoms with Crippen molar-refractivity contribution < 1.29 is 80.2 Å². The Balaban J connectivity index is 5.29. The number of aliphatic hydroxyl groups is 1. The first-order valence-electron chi connectivity index (χ1n) is 40.2. The number of carbonyl (C=O) groups excluding carboxylic acids is 4. The Labute approximate surface area is 599 Å². The Kier molecular flexibility index (Phi) is 67.2. The van der Waals surface area contributed by atoms with Crippen molar-refractivity contribution in [2.24, 2.45) is 17.8 Å². The monoisotopic (exact) mass is 1430 g/mol. The zero-order chi connectivity index (χ0) is 72.3. The zero-order valence-electron chi connectivity index (χ0n) is 63.7. The molecule has 0 aliphatic heterocycles. The minimum absolute atomic E-state index is 0.101. The molecule has 0 aromatic rings. The number of hydrogen-bond donors (Lipinski definition) is 3. The summed E-state index contributed by atoms with van der Waals surface area (Å²) in [6, 6.07) is 0. The average Bonchev–Trinajstić information content (AvgIpc) is 1.00. The van der Waals surface area contributed by atoms with E-state index in [4.69, 9.17) is 37.0 Å². The van der Waals surface area contributed by atoms with Crippen LogP contribution in [0.1, 0.15) is 382 Å². The quantitative estimate of drug-likeness (QED) is 0.0169. The maximum atomic E-state index is 13.1. The summed E-state index contributed by atoms with van der Waals surface area (Å²) in [5, 5.41) is 10.6. The van der Waals surface area contributed by atoms with Crippen LogP contribution in [0.4, 0.5) is 0 Å². The second-order valence-electron chi connectivity index (χ2n) is 29.0. The first-order valence-corrected chi connectivity index (χ1v) is 43.2. The van der Waals surface area contributed by atoms with E-state index in [0.29, 0.717) is 25.7 Å². The molecule has 0 aromatic carbocycles. The lowest BCUT2D eigenvalue weighted by Crippen LogP contribution is -2.30. The maximum Gasteiger partial charge on any atom is 0.472 e. The van der Waals surface area contributed by atoms with Gasteiger partial charge >= 0.3 is 39.5 Å². The fourth-order valence-electron chi connectivity index (χ4n) is 11.6. The highest BCUT2D eigenvalue weighted by atomic mass is 31.2. The largest absolute Gasteiger partial charge is 0.472 e. The molecule has 3 N–H and O–H groups in total. The van der Waals surface area contributed by atoms with Gasteiger partial charge in [-0.15, -0.1) is 0 Å². The molecule has 19 heteroatoms. The molecule has 3 unspecified atom stereocenters. The van der Waals surface area contributed by atoms with Crippen molar-refractivity contribution in [3.63, 3.8) is 0 Å². The van der Waals surface area contributed by atoms with E-state index in [2.05, 4.69) is 72.8 Å². The summed E-state index contributed by atoms with van der Waals surface area (Å²) in [6.07, 6.45) is 59.0. The van der Waals surface area contributed by atoms with E-state index in [1.165, 1.54) is 173 Å². The number of allylic oxidation sites excluding steroid dienone is 4. The molecule has 0 saturated heterocycles. The SMILES string of the molecule is CCCCCC/C=C\C=C/CCCCCCCC(=O)OC[C@H](COP(=O)(O)OC[C@@H](O)COP(=O)(O)OC[C@@H](COC(=O)CCCCCCCCCCC(C)CC)OC(=O)CCCCCCCCCCCC(C)C)OC(=O)CCCCCCCCCCCCCCCCCCC(C)C. The van der Waals surface area contributed by atoms with Crippen molar-refractivity contribution >= 4 is 39.5 Å². The number of rotatable bonds is 75. The molecule has 17 nitrogen and oxygen atoms in total. The fourth-order valence-corrected chi connectivity index (χ4v) is 13.1. The van der Waals surface area contributed by atoms with Gasteiger partial charge in [-0.1, -0.05) is 330 Å². The Morgan fingerprint density at radius 3 is 0.908 bits per heavy atom. The first kappa shape index (κ1) is 95.5. The van der Waals surface area contributed by atoms with Crippen LogP contribution in [0, 0.1) is 17.8 Å². The van der Waals surface area contributed by atoms with Crippen molar-refractivity contribution in [1.29, 1.82) is 0 Å². The van der Waals surface area contributed by atoms with Gasteiger partial charge in [-0.25, -0.2) is 9.13 Å². The van der Waals surface area contributed by atoms with Crippen molar-refractivity contribution in [2.45, 2.75) is 401 Å². The summed E-state index contributed by atoms with van der Waals surface area (Å²) in [5.41, 5.74) is 0. The third-order valence-corrected chi connectivity index (χ3v) is 20.0. The van der Waals surface area contributed by atoms with E-state index in [1.54, 1.807) is 0 Å². The molecule has 0 spiro atoms. The van der Waals surface area contributed by atoms with Gasteiger partial charge in [0.2, 0.25) is 0 Å². The van der Waals surface area contributed by atoms with Crippen molar-refractivity contribution in [1.82, 2.24) is 0 Å². The molecule has 0 bridgehead atoms. The molecular weight excluding hydrogens is 1280 g/mol. The van der Waals surface area contributed by atoms with Crippen molar-refractivity contribution in [3.8, 4) is 0 Å². The van der Waals surface area contributed by atoms with Gasteiger partial charge < -0.3 is 33.8 Å². The number of phosphoric acid groups is 2. The molecule has 0 aliphatic rings. The van der Waals surface area contributed by atoms with Crippen LogP contribution in [-0.4, -0.2) is 96.7 Å². The van der Waals surface area contributed by atoms with Gasteiger partial charge in [-0.2, -0.15) is 0 Å². The van der Waals surface area contributed by atoms with E-state index >= 15 is 0 Å². The van der Waals surface area contributed by atoms with E-state index in [1.807, 2.05) is 0 Å². The van der Waals surface area contributed by atoms with Crippen LogP contribution in [0.5, 0.6) is 0 Å². The van der Waals surface area contributed by atoms with Gasteiger partial charge in [0.1, 0.15) is 19.3 Å². The van der Waals surface area contributed by atoms with Crippen LogP contribution in [-0.2, 0) is 65.4 Å². The third-order valence-electron chi connectivity index (χ3n) is 18.1. The molecule has 0 aromatic heterocycles. The molecule has 0 aliphatic carbocycles. The van der Waals surface area contributed by atoms with Gasteiger partial charge in [-0.05, 0) is 69.1 Å². The van der Waals surface area contributed by atoms with Crippen LogP contribution in [0.25, 0.3) is 0 Å². The number of unbranched alkanes of at least 4 members (excludes halogenated alkanes) is 39. The molecule has 6 atom stereocenters. The van der Waals surface area contributed by atoms with Crippen LogP contribution in [0.3, 0.4) is 0 Å². The average molecular weight is 1430 g/mol. The number of ether oxygens (including phenoxy) is 4. The van der Waals surface area contributed by atoms with Gasteiger partial charge in [-0.3, -0.25) is 37.3 Å². The molecule has 0 rings (SSSR count). The Morgan fingerprint density at radius 2 is 0.602 bits per heavy atom. The van der Waals surface area contributed by atoms with Gasteiger partial charge in [0, 0.05) is 25.7 Å². The van der Waals surface area contributed by atoms with Gasteiger partial charge in [0.15, 0.2) is 12.2 Å². The highest BCUT2D eigenvalue weighted by Gasteiger charge is 2.30. The third kappa shape index (κ3) is 70.6. The van der Waals surface area contributed by atoms with E-state index in [0.717, 1.165) is 127 Å². The van der Waals surface area contributed by atoms with Crippen molar-refractivity contribution in [2.75, 3.05) is 39.6 Å². The Morgan fingerprint density at radius 1 is 0.337 bits per heavy atom. The fraction of sp³-hybridized carbons (Fsp3) is 0.899. The molecule has 578 valence electrons. The highest BCUT2D eigenvalue weighted by Crippen LogP contribution is 2.45. The molecule has 0 heterocycles. The van der Waals surface area contributed by atoms with E-state index in [9.17, 15) is 43.2 Å². The topological polar surface area (TPSA) is 237 Å². The van der Waals surface area contributed by atoms with Crippen LogP contribution in [0.15, 0.2) is 24.3 Å². The van der Waals surface area contributed by atoms with E-state index < -0.39 is 97.5 Å². The van der Waals surface area contributed by atoms with Crippen LogP contribution in [0.2, 0.25) is 0 Å². The molecule has 0 amide bonds. The van der Waals surface area contributed by atoms with Gasteiger partial charge in [0.25, 0.3) is 0 Å². The maximum absolute atomic E-state index is 13.1. The number of hydrogen-bond acceptors (Lipinski definition) is 15. The standard InChI is InChI=1S/C79H150O17P2/c1-8-10-11-12-13-14-15-16-19-23-26-31-39-46-53-60-76(81)89-66-74(95-78(83)62-55-48-41-32-27-24-21-18-17-20-22-25-29-36-43-50-57-70(3)4)68-93-97(85,86)91-64-73(80)65-92-98(87,88)94-69-75(96-79(84)63-56-49-42-33-28-30-37-44-51-58-71(5)6)67-90-77(82)61-54-47-40-35-34-38-45-52-59-72(7)9-2/h14-16,19,70-75,80H,8-13,17-18,20-69H2,1-7H3,(H,85,86)(H,87,88)/b15-14-,19-16-/t72?,73-,74-,75-/m1/s1. The second-order valence-corrected chi connectivity index (χ2v) is 31.9. The van der Waals surface area contributed by atoms with Crippen LogP contribution < -0.4 is 0 Å². The molecule has 0 fully saturated rings. The summed E-state index contributed by atoms with van der Waals surface area (Å²) >= 11 is 0. The lowest BCUT2D eigenvalue weighted by atomic mass is 9.99. The number of carbonyl (C=O) groups is 4.